The molecule has 0 fully saturated rings. The molecule has 38 heavy (non-hydrogen) atoms. The van der Waals surface area contributed by atoms with Gasteiger partial charge in [0.15, 0.2) is 0 Å². The summed E-state index contributed by atoms with van der Waals surface area (Å²) in [6.45, 7) is 14.3. The number of ether oxygens (including phenoxy) is 2. The topological polar surface area (TPSA) is 35.5 Å². The van der Waals surface area contributed by atoms with Crippen LogP contribution in [0.25, 0.3) is 20.5 Å². The van der Waals surface area contributed by atoms with Crippen LogP contribution in [-0.2, 0) is 22.1 Å². The first kappa shape index (κ1) is 29.8. The molecule has 0 aliphatic heterocycles. The third-order valence-electron chi connectivity index (χ3n) is 6.17. The molecule has 206 valence electrons. The van der Waals surface area contributed by atoms with E-state index >= 15 is 0 Å². The minimum absolute atomic E-state index is 0.104. The van der Waals surface area contributed by atoms with E-state index in [0.29, 0.717) is 4.88 Å². The molecule has 7 heteroatoms. The van der Waals surface area contributed by atoms with Crippen LogP contribution in [0.5, 0.6) is 5.75 Å². The summed E-state index contributed by atoms with van der Waals surface area (Å²) in [4.78, 5) is 12.6. The SMILES string of the molecule is C=C(C)C(=O)OC(C)(C)CC(C)(C)Oc1ccc(-c2cc3cc(CCCCC)ccc3s2)c(C(F)(F)F)c1. The number of rotatable bonds is 11. The normalized spacial score (nSPS) is 12.6. The second-order valence-electron chi connectivity index (χ2n) is 11.1. The number of esters is 1. The van der Waals surface area contributed by atoms with Gasteiger partial charge in [-0.1, -0.05) is 38.5 Å². The van der Waals surface area contributed by atoms with Gasteiger partial charge in [-0.3, -0.25) is 0 Å². The van der Waals surface area contributed by atoms with Crippen molar-refractivity contribution in [3.8, 4) is 16.2 Å². The van der Waals surface area contributed by atoms with Crippen molar-refractivity contribution >= 4 is 27.4 Å². The van der Waals surface area contributed by atoms with Crippen molar-refractivity contribution in [3.05, 3.63) is 65.7 Å². The summed E-state index contributed by atoms with van der Waals surface area (Å²) in [5, 5.41) is 0.958. The molecule has 0 aliphatic carbocycles. The van der Waals surface area contributed by atoms with Crippen LogP contribution < -0.4 is 4.74 Å². The second kappa shape index (κ2) is 11.5. The number of carbonyl (C=O) groups excluding carboxylic acids is 1. The Kier molecular flexibility index (Phi) is 9.02. The fourth-order valence-electron chi connectivity index (χ4n) is 4.75. The summed E-state index contributed by atoms with van der Waals surface area (Å²) in [6.07, 6.45) is 0.0678. The Morgan fingerprint density at radius 1 is 0.974 bits per heavy atom. The fraction of sp³-hybridized carbons (Fsp3) is 0.452. The Labute approximate surface area is 227 Å². The predicted molar refractivity (Wildman–Crippen MR) is 150 cm³/mol. The third kappa shape index (κ3) is 7.85. The molecule has 3 aromatic rings. The number of halogens is 3. The van der Waals surface area contributed by atoms with Crippen molar-refractivity contribution in [1.29, 1.82) is 0 Å². The van der Waals surface area contributed by atoms with Crippen LogP contribution in [0, 0.1) is 0 Å². The lowest BCUT2D eigenvalue weighted by molar-refractivity contribution is -0.155. The van der Waals surface area contributed by atoms with E-state index in [2.05, 4.69) is 25.6 Å². The molecule has 1 heterocycles. The number of aryl methyl sites for hydroxylation is 1. The Bertz CT molecular complexity index is 1300. The van der Waals surface area contributed by atoms with Crippen molar-refractivity contribution < 1.29 is 27.4 Å². The number of benzene rings is 2. The van der Waals surface area contributed by atoms with E-state index in [4.69, 9.17) is 9.47 Å². The maximum Gasteiger partial charge on any atom is 0.417 e. The summed E-state index contributed by atoms with van der Waals surface area (Å²) in [7, 11) is 0. The number of unbranched alkanes of at least 4 members (excludes halogenated alkanes) is 2. The summed E-state index contributed by atoms with van der Waals surface area (Å²) in [5.74, 6) is -0.418. The first-order valence-electron chi connectivity index (χ1n) is 12.9. The molecular weight excluding hydrogens is 509 g/mol. The molecule has 1 aromatic heterocycles. The number of fused-ring (bicyclic) bond motifs is 1. The molecule has 0 amide bonds. The summed E-state index contributed by atoms with van der Waals surface area (Å²) >= 11 is 1.36. The molecule has 3 rings (SSSR count). The van der Waals surface area contributed by atoms with Gasteiger partial charge >= 0.3 is 12.1 Å². The minimum Gasteiger partial charge on any atom is -0.488 e. The van der Waals surface area contributed by atoms with Gasteiger partial charge in [-0.25, -0.2) is 4.79 Å². The van der Waals surface area contributed by atoms with Crippen molar-refractivity contribution in [2.24, 2.45) is 0 Å². The largest absolute Gasteiger partial charge is 0.488 e. The van der Waals surface area contributed by atoms with Gasteiger partial charge in [-0.05, 0) is 88.7 Å². The molecule has 0 bridgehead atoms. The zero-order chi connectivity index (χ0) is 28.3. The van der Waals surface area contributed by atoms with E-state index in [1.165, 1.54) is 23.0 Å². The number of hydrogen-bond donors (Lipinski definition) is 0. The van der Waals surface area contributed by atoms with Gasteiger partial charge in [-0.15, -0.1) is 11.3 Å². The Hall–Kier alpha value is -2.80. The van der Waals surface area contributed by atoms with E-state index in [9.17, 15) is 18.0 Å². The van der Waals surface area contributed by atoms with E-state index in [1.54, 1.807) is 40.7 Å². The van der Waals surface area contributed by atoms with Crippen molar-refractivity contribution in [2.75, 3.05) is 0 Å². The quantitative estimate of drug-likeness (QED) is 0.136. The van der Waals surface area contributed by atoms with Gasteiger partial charge in [-0.2, -0.15) is 13.2 Å². The molecule has 0 saturated heterocycles. The van der Waals surface area contributed by atoms with E-state index in [0.717, 1.165) is 41.8 Å². The molecule has 0 saturated carbocycles. The van der Waals surface area contributed by atoms with Gasteiger partial charge in [0.05, 0.1) is 5.56 Å². The van der Waals surface area contributed by atoms with Crippen molar-refractivity contribution in [1.82, 2.24) is 0 Å². The molecule has 0 aliphatic rings. The number of carbonyl (C=O) groups is 1. The number of alkyl halides is 3. The molecule has 0 atom stereocenters. The van der Waals surface area contributed by atoms with Crippen LogP contribution >= 0.6 is 11.3 Å². The zero-order valence-corrected chi connectivity index (χ0v) is 23.9. The zero-order valence-electron chi connectivity index (χ0n) is 23.1. The Morgan fingerprint density at radius 2 is 1.68 bits per heavy atom. The van der Waals surface area contributed by atoms with Crippen LogP contribution in [0.1, 0.15) is 78.4 Å². The van der Waals surface area contributed by atoms with Gasteiger partial charge in [0.25, 0.3) is 0 Å². The monoisotopic (exact) mass is 546 g/mol. The molecular formula is C31H37F3O3S. The van der Waals surface area contributed by atoms with E-state index in [-0.39, 0.29) is 23.3 Å². The van der Waals surface area contributed by atoms with Crippen LogP contribution in [0.15, 0.2) is 54.6 Å². The standard InChI is InChI=1S/C31H37F3O3S/c1-8-9-10-11-21-12-15-26-22(16-21)17-27(38-26)24-14-13-23(18-25(24)31(32,33)34)36-29(4,5)19-30(6,7)37-28(35)20(2)3/h12-18H,2,8-11,19H2,1,3-7H3. The van der Waals surface area contributed by atoms with Gasteiger partial charge < -0.3 is 9.47 Å². The maximum atomic E-state index is 14.2. The summed E-state index contributed by atoms with van der Waals surface area (Å²) in [5.41, 5.74) is -0.945. The highest BCUT2D eigenvalue weighted by Gasteiger charge is 2.37. The molecule has 3 nitrogen and oxygen atoms in total. The van der Waals surface area contributed by atoms with Crippen molar-refractivity contribution in [2.45, 2.75) is 91.0 Å². The first-order valence-corrected chi connectivity index (χ1v) is 13.7. The molecule has 0 unspecified atom stereocenters. The van der Waals surface area contributed by atoms with Crippen LogP contribution in [-0.4, -0.2) is 17.2 Å². The molecule has 2 aromatic carbocycles. The highest BCUT2D eigenvalue weighted by molar-refractivity contribution is 7.22. The summed E-state index contributed by atoms with van der Waals surface area (Å²) in [6, 6.07) is 12.1. The van der Waals surface area contributed by atoms with Gasteiger partial charge in [0.2, 0.25) is 0 Å². The Balaban J connectivity index is 1.88. The van der Waals surface area contributed by atoms with Crippen LogP contribution in [0.2, 0.25) is 0 Å². The second-order valence-corrected chi connectivity index (χ2v) is 12.2. The number of thiophene rings is 1. The molecule has 0 radical (unpaired) electrons. The van der Waals surface area contributed by atoms with E-state index < -0.39 is 28.9 Å². The average molecular weight is 547 g/mol. The maximum absolute atomic E-state index is 14.2. The lowest BCUT2D eigenvalue weighted by atomic mass is 9.91. The smallest absolute Gasteiger partial charge is 0.417 e. The lowest BCUT2D eigenvalue weighted by Crippen LogP contribution is -2.40. The number of hydrogen-bond acceptors (Lipinski definition) is 4. The van der Waals surface area contributed by atoms with Gasteiger partial charge in [0, 0.05) is 27.1 Å². The third-order valence-corrected chi connectivity index (χ3v) is 7.32. The fourth-order valence-corrected chi connectivity index (χ4v) is 5.83. The van der Waals surface area contributed by atoms with E-state index in [1.807, 2.05) is 12.1 Å². The average Bonchev–Trinajstić information content (AvgIpc) is 3.20. The first-order chi connectivity index (χ1) is 17.6. The lowest BCUT2D eigenvalue weighted by Gasteiger charge is -2.35. The van der Waals surface area contributed by atoms with Crippen LogP contribution in [0.4, 0.5) is 13.2 Å². The van der Waals surface area contributed by atoms with Gasteiger partial charge in [0.1, 0.15) is 17.0 Å². The Morgan fingerprint density at radius 3 is 2.32 bits per heavy atom. The minimum atomic E-state index is -4.56. The molecule has 0 spiro atoms. The molecule has 0 N–H and O–H groups in total. The predicted octanol–water partition coefficient (Wildman–Crippen LogP) is 9.77. The van der Waals surface area contributed by atoms with Crippen LogP contribution in [0.3, 0.4) is 0 Å². The highest BCUT2D eigenvalue weighted by atomic mass is 32.1. The van der Waals surface area contributed by atoms with Crippen molar-refractivity contribution in [3.63, 3.8) is 0 Å². The highest BCUT2D eigenvalue weighted by Crippen LogP contribution is 2.43. The summed E-state index contributed by atoms with van der Waals surface area (Å²) < 4.78 is 55.1.